The van der Waals surface area contributed by atoms with Gasteiger partial charge in [-0.2, -0.15) is 0 Å². The van der Waals surface area contributed by atoms with Crippen LogP contribution in [-0.2, 0) is 5.41 Å². The van der Waals surface area contributed by atoms with E-state index in [0.717, 1.165) is 24.2 Å². The molecule has 2 heteroatoms. The molecule has 1 heterocycles. The van der Waals surface area contributed by atoms with Crippen molar-refractivity contribution in [1.29, 1.82) is 0 Å². The highest BCUT2D eigenvalue weighted by Crippen LogP contribution is 2.31. The van der Waals surface area contributed by atoms with Crippen LogP contribution in [0.4, 0.5) is 5.69 Å². The summed E-state index contributed by atoms with van der Waals surface area (Å²) in [4.78, 5) is 9.41. The van der Waals surface area contributed by atoms with Gasteiger partial charge in [-0.1, -0.05) is 39.0 Å². The van der Waals surface area contributed by atoms with Gasteiger partial charge in [0, 0.05) is 5.71 Å². The number of para-hydroxylation sites is 1. The van der Waals surface area contributed by atoms with Gasteiger partial charge in [0.15, 0.2) is 0 Å². The average Bonchev–Trinajstić information content (AvgIpc) is 2.39. The average molecular weight is 256 g/mol. The molecule has 0 aliphatic carbocycles. The van der Waals surface area contributed by atoms with Crippen LogP contribution in [0.5, 0.6) is 0 Å². The number of rotatable bonds is 2. The molecule has 0 spiro atoms. The molecule has 1 aromatic rings. The molecule has 0 bridgehead atoms. The van der Waals surface area contributed by atoms with Gasteiger partial charge in [0.2, 0.25) is 0 Å². The molecule has 0 aromatic heterocycles. The normalized spacial score (nSPS) is 20.6. The van der Waals surface area contributed by atoms with E-state index < -0.39 is 0 Å². The summed E-state index contributed by atoms with van der Waals surface area (Å²) in [7, 11) is 0. The molecule has 0 amide bonds. The van der Waals surface area contributed by atoms with Crippen molar-refractivity contribution in [2.45, 2.75) is 58.4 Å². The summed E-state index contributed by atoms with van der Waals surface area (Å²) < 4.78 is 0. The summed E-state index contributed by atoms with van der Waals surface area (Å²) in [5.41, 5.74) is 3.64. The van der Waals surface area contributed by atoms with Crippen LogP contribution in [0, 0.1) is 0 Å². The third-order valence-corrected chi connectivity index (χ3v) is 3.59. The van der Waals surface area contributed by atoms with E-state index in [9.17, 15) is 0 Å². The lowest BCUT2D eigenvalue weighted by Gasteiger charge is -2.22. The topological polar surface area (TPSA) is 24.7 Å². The number of hydrogen-bond acceptors (Lipinski definition) is 2. The molecule has 0 saturated carbocycles. The van der Waals surface area contributed by atoms with Crippen molar-refractivity contribution in [2.75, 3.05) is 0 Å². The maximum atomic E-state index is 4.85. The third-order valence-electron chi connectivity index (χ3n) is 3.59. The van der Waals surface area contributed by atoms with Gasteiger partial charge in [0.25, 0.3) is 0 Å². The highest BCUT2D eigenvalue weighted by molar-refractivity contribution is 5.91. The molecule has 2 rings (SSSR count). The van der Waals surface area contributed by atoms with Crippen LogP contribution in [0.25, 0.3) is 0 Å². The minimum Gasteiger partial charge on any atom is -0.288 e. The number of nitrogens with zero attached hydrogens (tertiary/aromatic N) is 2. The van der Waals surface area contributed by atoms with Crippen molar-refractivity contribution in [3.63, 3.8) is 0 Å². The Labute approximate surface area is 116 Å². The Hall–Kier alpha value is -1.44. The molecule has 19 heavy (non-hydrogen) atoms. The first-order valence-corrected chi connectivity index (χ1v) is 7.15. The fourth-order valence-electron chi connectivity index (χ4n) is 2.47. The van der Waals surface area contributed by atoms with Gasteiger partial charge < -0.3 is 0 Å². The summed E-state index contributed by atoms with van der Waals surface area (Å²) in [6, 6.07) is 8.72. The second-order valence-electron chi connectivity index (χ2n) is 6.30. The third kappa shape index (κ3) is 3.52. The lowest BCUT2D eigenvalue weighted by Crippen LogP contribution is -2.19. The Balaban J connectivity index is 2.32. The summed E-state index contributed by atoms with van der Waals surface area (Å²) in [6.07, 6.45) is 5.51. The van der Waals surface area contributed by atoms with Gasteiger partial charge in [-0.25, -0.2) is 0 Å². The maximum Gasteiger partial charge on any atom is 0.0874 e. The first-order valence-electron chi connectivity index (χ1n) is 7.15. The maximum absolute atomic E-state index is 4.85. The molecule has 1 aliphatic heterocycles. The van der Waals surface area contributed by atoms with Gasteiger partial charge in [-0.3, -0.25) is 9.98 Å². The summed E-state index contributed by atoms with van der Waals surface area (Å²) in [6.45, 7) is 8.80. The van der Waals surface area contributed by atoms with Gasteiger partial charge in [0.1, 0.15) is 0 Å². The van der Waals surface area contributed by atoms with E-state index in [2.05, 4.69) is 57.0 Å². The molecule has 102 valence electrons. The SMILES string of the molecule is CC(=Nc1ccccc1C(C)(C)C)C1CCCC=N1. The Morgan fingerprint density at radius 2 is 2.00 bits per heavy atom. The van der Waals surface area contributed by atoms with Crippen LogP contribution >= 0.6 is 0 Å². The van der Waals surface area contributed by atoms with E-state index in [1.807, 2.05) is 6.21 Å². The van der Waals surface area contributed by atoms with Crippen LogP contribution in [-0.4, -0.2) is 18.0 Å². The predicted octanol–water partition coefficient (Wildman–Crippen LogP) is 4.70. The first-order chi connectivity index (χ1) is 8.98. The molecule has 0 fully saturated rings. The van der Waals surface area contributed by atoms with Crippen LogP contribution in [0.15, 0.2) is 34.3 Å². The zero-order valence-corrected chi connectivity index (χ0v) is 12.5. The Morgan fingerprint density at radius 3 is 2.63 bits per heavy atom. The molecule has 1 aliphatic rings. The van der Waals surface area contributed by atoms with Gasteiger partial charge in [0.05, 0.1) is 11.7 Å². The monoisotopic (exact) mass is 256 g/mol. The lowest BCUT2D eigenvalue weighted by molar-refractivity contribution is 0.591. The first kappa shape index (κ1) is 14.0. The molecule has 0 saturated heterocycles. The fourth-order valence-corrected chi connectivity index (χ4v) is 2.47. The summed E-state index contributed by atoms with van der Waals surface area (Å²) in [5, 5.41) is 0. The molecular weight excluding hydrogens is 232 g/mol. The lowest BCUT2D eigenvalue weighted by atomic mass is 9.86. The number of hydrogen-bond donors (Lipinski definition) is 0. The van der Waals surface area contributed by atoms with E-state index >= 15 is 0 Å². The van der Waals surface area contributed by atoms with Gasteiger partial charge in [-0.15, -0.1) is 0 Å². The minimum absolute atomic E-state index is 0.121. The van der Waals surface area contributed by atoms with E-state index in [-0.39, 0.29) is 11.5 Å². The van der Waals surface area contributed by atoms with Crippen molar-refractivity contribution in [2.24, 2.45) is 9.98 Å². The molecule has 1 atom stereocenters. The largest absolute Gasteiger partial charge is 0.288 e. The van der Waals surface area contributed by atoms with Gasteiger partial charge in [-0.05, 0) is 49.4 Å². The summed E-state index contributed by atoms with van der Waals surface area (Å²) in [5.74, 6) is 0. The molecule has 0 N–H and O–H groups in total. The van der Waals surface area contributed by atoms with Crippen molar-refractivity contribution in [3.8, 4) is 0 Å². The van der Waals surface area contributed by atoms with Crippen LogP contribution < -0.4 is 0 Å². The second-order valence-corrected chi connectivity index (χ2v) is 6.30. The molecule has 2 nitrogen and oxygen atoms in total. The standard InChI is InChI=1S/C17H24N2/c1-13(15-10-7-8-12-18-15)19-16-11-6-5-9-14(16)17(2,3)4/h5-6,9,11-12,15H,7-8,10H2,1-4H3. The van der Waals surface area contributed by atoms with Crippen molar-refractivity contribution in [3.05, 3.63) is 29.8 Å². The Morgan fingerprint density at radius 1 is 1.26 bits per heavy atom. The Kier molecular flexibility index (Phi) is 4.18. The van der Waals surface area contributed by atoms with Crippen LogP contribution in [0.2, 0.25) is 0 Å². The predicted molar refractivity (Wildman–Crippen MR) is 84.0 cm³/mol. The molecule has 0 radical (unpaired) electrons. The van der Waals surface area contributed by atoms with Crippen LogP contribution in [0.1, 0.15) is 52.5 Å². The zero-order valence-electron chi connectivity index (χ0n) is 12.5. The zero-order chi connectivity index (χ0) is 13.9. The summed E-state index contributed by atoms with van der Waals surface area (Å²) >= 11 is 0. The van der Waals surface area contributed by atoms with E-state index in [1.54, 1.807) is 0 Å². The highest BCUT2D eigenvalue weighted by atomic mass is 14.9. The van der Waals surface area contributed by atoms with Crippen molar-refractivity contribution < 1.29 is 0 Å². The van der Waals surface area contributed by atoms with E-state index in [4.69, 9.17) is 4.99 Å². The molecular formula is C17H24N2. The minimum atomic E-state index is 0.121. The number of aliphatic imine (C=N–C) groups is 2. The van der Waals surface area contributed by atoms with E-state index in [1.165, 1.54) is 12.0 Å². The van der Waals surface area contributed by atoms with Gasteiger partial charge >= 0.3 is 0 Å². The van der Waals surface area contributed by atoms with Crippen LogP contribution in [0.3, 0.4) is 0 Å². The van der Waals surface area contributed by atoms with Crippen molar-refractivity contribution in [1.82, 2.24) is 0 Å². The van der Waals surface area contributed by atoms with Crippen molar-refractivity contribution >= 4 is 17.6 Å². The van der Waals surface area contributed by atoms with E-state index in [0.29, 0.717) is 0 Å². The molecule has 1 aromatic carbocycles. The smallest absolute Gasteiger partial charge is 0.0874 e. The number of benzene rings is 1. The highest BCUT2D eigenvalue weighted by Gasteiger charge is 2.18. The Bertz CT molecular complexity index is 492. The quantitative estimate of drug-likeness (QED) is 0.685. The molecule has 1 unspecified atom stereocenters. The second kappa shape index (κ2) is 5.68. The fraction of sp³-hybridized carbons (Fsp3) is 0.529.